The van der Waals surface area contributed by atoms with Crippen LogP contribution in [0.3, 0.4) is 0 Å². The summed E-state index contributed by atoms with van der Waals surface area (Å²) in [6.07, 6.45) is 1.56. The summed E-state index contributed by atoms with van der Waals surface area (Å²) >= 11 is 13.6. The molecule has 0 radical (unpaired) electrons. The minimum absolute atomic E-state index is 0.0655. The summed E-state index contributed by atoms with van der Waals surface area (Å²) in [5, 5.41) is 0.195. The topological polar surface area (TPSA) is 46.6 Å². The molecule has 1 saturated heterocycles. The SMILES string of the molecule is O=C1S/C(=C\c2cc(Cl)c(OCc3ccccc3)c(Cl)c2)C(=O)N1Cc1ccc(F)cc1. The Balaban J connectivity index is 1.50. The molecule has 0 N–H and O–H groups in total. The van der Waals surface area contributed by atoms with Crippen LogP contribution in [0.15, 0.2) is 71.6 Å². The van der Waals surface area contributed by atoms with Crippen LogP contribution in [0.2, 0.25) is 10.0 Å². The predicted molar refractivity (Wildman–Crippen MR) is 125 cm³/mol. The molecule has 0 aromatic heterocycles. The largest absolute Gasteiger partial charge is 0.486 e. The fraction of sp³-hybridized carbons (Fsp3) is 0.0833. The van der Waals surface area contributed by atoms with E-state index < -0.39 is 11.1 Å². The van der Waals surface area contributed by atoms with E-state index in [0.29, 0.717) is 33.5 Å². The lowest BCUT2D eigenvalue weighted by Crippen LogP contribution is -2.27. The summed E-state index contributed by atoms with van der Waals surface area (Å²) < 4.78 is 18.9. The predicted octanol–water partition coefficient (Wildman–Crippen LogP) is 6.95. The van der Waals surface area contributed by atoms with E-state index >= 15 is 0 Å². The summed E-state index contributed by atoms with van der Waals surface area (Å²) in [7, 11) is 0. The van der Waals surface area contributed by atoms with Crippen molar-refractivity contribution in [1.82, 2.24) is 4.90 Å². The quantitative estimate of drug-likeness (QED) is 0.353. The first-order valence-corrected chi connectivity index (χ1v) is 11.1. The number of amides is 2. The van der Waals surface area contributed by atoms with Crippen LogP contribution in [0.5, 0.6) is 5.75 Å². The number of benzene rings is 3. The zero-order chi connectivity index (χ0) is 22.7. The molecule has 3 aromatic carbocycles. The number of carbonyl (C=O) groups is 2. The average Bonchev–Trinajstić information content (AvgIpc) is 3.02. The van der Waals surface area contributed by atoms with Gasteiger partial charge in [0.05, 0.1) is 21.5 Å². The Hall–Kier alpha value is -2.80. The molecule has 1 heterocycles. The number of nitrogens with zero attached hydrogens (tertiary/aromatic N) is 1. The third-order valence-electron chi connectivity index (χ3n) is 4.67. The normalized spacial score (nSPS) is 15.0. The molecule has 8 heteroatoms. The van der Waals surface area contributed by atoms with Crippen molar-refractivity contribution in [3.8, 4) is 5.75 Å². The number of rotatable bonds is 6. The van der Waals surface area contributed by atoms with E-state index in [0.717, 1.165) is 22.2 Å². The Morgan fingerprint density at radius 2 is 1.59 bits per heavy atom. The third-order valence-corrected chi connectivity index (χ3v) is 6.14. The first-order chi connectivity index (χ1) is 15.4. The van der Waals surface area contributed by atoms with Gasteiger partial charge in [-0.1, -0.05) is 65.7 Å². The Morgan fingerprint density at radius 1 is 0.938 bits per heavy atom. The zero-order valence-corrected chi connectivity index (χ0v) is 18.9. The minimum Gasteiger partial charge on any atom is -0.486 e. The number of ether oxygens (including phenoxy) is 1. The molecule has 162 valence electrons. The molecule has 32 heavy (non-hydrogen) atoms. The summed E-state index contributed by atoms with van der Waals surface area (Å²) in [4.78, 5) is 26.5. The van der Waals surface area contributed by atoms with Crippen molar-refractivity contribution in [2.75, 3.05) is 0 Å². The maximum atomic E-state index is 13.1. The molecule has 1 aliphatic heterocycles. The molecule has 0 atom stereocenters. The molecule has 0 bridgehead atoms. The Morgan fingerprint density at radius 3 is 2.25 bits per heavy atom. The van der Waals surface area contributed by atoms with Gasteiger partial charge in [-0.3, -0.25) is 14.5 Å². The second-order valence-electron chi connectivity index (χ2n) is 6.98. The number of carbonyl (C=O) groups excluding carboxylic acids is 2. The number of halogens is 3. The zero-order valence-electron chi connectivity index (χ0n) is 16.6. The Kier molecular flexibility index (Phi) is 6.84. The van der Waals surface area contributed by atoms with Gasteiger partial charge in [0.15, 0.2) is 5.75 Å². The Bertz CT molecular complexity index is 1180. The van der Waals surface area contributed by atoms with Gasteiger partial charge < -0.3 is 4.74 Å². The van der Waals surface area contributed by atoms with Gasteiger partial charge in [0.2, 0.25) is 0 Å². The van der Waals surface area contributed by atoms with Gasteiger partial charge in [0.25, 0.3) is 11.1 Å². The number of hydrogen-bond acceptors (Lipinski definition) is 4. The molecule has 2 amide bonds. The highest BCUT2D eigenvalue weighted by Crippen LogP contribution is 2.38. The van der Waals surface area contributed by atoms with Crippen molar-refractivity contribution in [2.45, 2.75) is 13.2 Å². The van der Waals surface area contributed by atoms with Crippen LogP contribution >= 0.6 is 35.0 Å². The van der Waals surface area contributed by atoms with Crippen molar-refractivity contribution in [1.29, 1.82) is 0 Å². The van der Waals surface area contributed by atoms with E-state index in [1.54, 1.807) is 18.2 Å². The van der Waals surface area contributed by atoms with Crippen molar-refractivity contribution >= 4 is 52.2 Å². The molecule has 1 fully saturated rings. The van der Waals surface area contributed by atoms with Crippen LogP contribution in [0.4, 0.5) is 9.18 Å². The molecule has 0 saturated carbocycles. The van der Waals surface area contributed by atoms with Crippen LogP contribution < -0.4 is 4.74 Å². The van der Waals surface area contributed by atoms with Crippen molar-refractivity contribution in [3.63, 3.8) is 0 Å². The van der Waals surface area contributed by atoms with E-state index in [-0.39, 0.29) is 17.3 Å². The van der Waals surface area contributed by atoms with Crippen molar-refractivity contribution in [2.24, 2.45) is 0 Å². The lowest BCUT2D eigenvalue weighted by Gasteiger charge is -2.12. The number of thioether (sulfide) groups is 1. The van der Waals surface area contributed by atoms with E-state index in [1.807, 2.05) is 30.3 Å². The van der Waals surface area contributed by atoms with Crippen molar-refractivity contribution in [3.05, 3.63) is 104 Å². The molecule has 0 unspecified atom stereocenters. The van der Waals surface area contributed by atoms with Gasteiger partial charge in [-0.05, 0) is 58.8 Å². The highest BCUT2D eigenvalue weighted by molar-refractivity contribution is 8.18. The van der Waals surface area contributed by atoms with Gasteiger partial charge in [-0.25, -0.2) is 4.39 Å². The molecule has 4 rings (SSSR count). The lowest BCUT2D eigenvalue weighted by molar-refractivity contribution is -0.123. The smallest absolute Gasteiger partial charge is 0.293 e. The van der Waals surface area contributed by atoms with Gasteiger partial charge in [0.1, 0.15) is 12.4 Å². The van der Waals surface area contributed by atoms with Crippen molar-refractivity contribution < 1.29 is 18.7 Å². The van der Waals surface area contributed by atoms with Crippen LogP contribution in [0, 0.1) is 5.82 Å². The minimum atomic E-state index is -0.430. The van der Waals surface area contributed by atoms with Gasteiger partial charge in [0, 0.05) is 0 Å². The lowest BCUT2D eigenvalue weighted by atomic mass is 10.2. The molecule has 1 aliphatic rings. The highest BCUT2D eigenvalue weighted by atomic mass is 35.5. The summed E-state index contributed by atoms with van der Waals surface area (Å²) in [5.41, 5.74) is 2.19. The second kappa shape index (κ2) is 9.77. The van der Waals surface area contributed by atoms with E-state index in [4.69, 9.17) is 27.9 Å². The summed E-state index contributed by atoms with van der Waals surface area (Å²) in [6, 6.07) is 18.5. The van der Waals surface area contributed by atoms with E-state index in [2.05, 4.69) is 0 Å². The maximum Gasteiger partial charge on any atom is 0.293 e. The molecule has 4 nitrogen and oxygen atoms in total. The van der Waals surface area contributed by atoms with Crippen LogP contribution in [0.25, 0.3) is 6.08 Å². The molecular weight excluding hydrogens is 472 g/mol. The fourth-order valence-corrected chi connectivity index (χ4v) is 4.54. The molecule has 0 spiro atoms. The maximum absolute atomic E-state index is 13.1. The molecule has 0 aliphatic carbocycles. The first-order valence-electron chi connectivity index (χ1n) is 9.56. The first kappa shape index (κ1) is 22.4. The monoisotopic (exact) mass is 487 g/mol. The highest BCUT2D eigenvalue weighted by Gasteiger charge is 2.35. The number of imide groups is 1. The van der Waals surface area contributed by atoms with Gasteiger partial charge in [-0.2, -0.15) is 0 Å². The van der Waals surface area contributed by atoms with Gasteiger partial charge in [-0.15, -0.1) is 0 Å². The second-order valence-corrected chi connectivity index (χ2v) is 8.79. The van der Waals surface area contributed by atoms with E-state index in [1.165, 1.54) is 24.3 Å². The van der Waals surface area contributed by atoms with Gasteiger partial charge >= 0.3 is 0 Å². The summed E-state index contributed by atoms with van der Waals surface area (Å²) in [6.45, 7) is 0.373. The third kappa shape index (κ3) is 5.15. The Labute approximate surface area is 198 Å². The standard InChI is InChI=1S/C24H16Cl2FNO3S/c25-19-10-17(11-20(26)22(19)31-14-16-4-2-1-3-5-16)12-21-23(29)28(24(30)32-21)13-15-6-8-18(27)9-7-15/h1-12H,13-14H2/b21-12-. The average molecular weight is 488 g/mol. The molecular formula is C24H16Cl2FNO3S. The van der Waals surface area contributed by atoms with Crippen LogP contribution in [-0.2, 0) is 17.9 Å². The molecule has 3 aromatic rings. The van der Waals surface area contributed by atoms with E-state index in [9.17, 15) is 14.0 Å². The fourth-order valence-electron chi connectivity index (χ4n) is 3.09. The van der Waals surface area contributed by atoms with Crippen LogP contribution in [-0.4, -0.2) is 16.0 Å². The summed E-state index contributed by atoms with van der Waals surface area (Å²) in [5.74, 6) is -0.465. The van der Waals surface area contributed by atoms with Crippen LogP contribution in [0.1, 0.15) is 16.7 Å². The number of hydrogen-bond donors (Lipinski definition) is 0.